The summed E-state index contributed by atoms with van der Waals surface area (Å²) < 4.78 is 7.28. The molecule has 0 radical (unpaired) electrons. The number of aromatic amines is 1. The largest absolute Gasteiger partial charge is 0.368 e. The van der Waals surface area contributed by atoms with E-state index in [1.54, 1.807) is 35.2 Å². The molecule has 0 saturated carbocycles. The van der Waals surface area contributed by atoms with Gasteiger partial charge in [0, 0.05) is 26.0 Å². The van der Waals surface area contributed by atoms with Gasteiger partial charge in [0.1, 0.15) is 6.10 Å². The SMILES string of the molecule is Cn1cc(C(=O)N2CCOC(c3ccn[nH]3)C2)cn1. The van der Waals surface area contributed by atoms with Gasteiger partial charge in [0.05, 0.1) is 30.6 Å². The molecule has 100 valence electrons. The second-order valence-corrected chi connectivity index (χ2v) is 4.53. The molecule has 3 heterocycles. The number of aryl methyl sites for hydroxylation is 1. The molecule has 1 N–H and O–H groups in total. The van der Waals surface area contributed by atoms with Crippen molar-refractivity contribution in [2.24, 2.45) is 7.05 Å². The topological polar surface area (TPSA) is 76.0 Å². The smallest absolute Gasteiger partial charge is 0.257 e. The fraction of sp³-hybridized carbons (Fsp3) is 0.417. The van der Waals surface area contributed by atoms with E-state index in [-0.39, 0.29) is 12.0 Å². The Morgan fingerprint density at radius 1 is 1.58 bits per heavy atom. The minimum Gasteiger partial charge on any atom is -0.368 e. The number of H-pyrrole nitrogens is 1. The first-order valence-electron chi connectivity index (χ1n) is 6.13. The Morgan fingerprint density at radius 2 is 2.47 bits per heavy atom. The first-order chi connectivity index (χ1) is 9.24. The Morgan fingerprint density at radius 3 is 3.16 bits per heavy atom. The molecule has 7 nitrogen and oxygen atoms in total. The molecular weight excluding hydrogens is 246 g/mol. The molecule has 1 fully saturated rings. The van der Waals surface area contributed by atoms with Crippen LogP contribution in [0.25, 0.3) is 0 Å². The monoisotopic (exact) mass is 261 g/mol. The average molecular weight is 261 g/mol. The van der Waals surface area contributed by atoms with Gasteiger partial charge in [-0.15, -0.1) is 0 Å². The van der Waals surface area contributed by atoms with Crippen LogP contribution >= 0.6 is 0 Å². The van der Waals surface area contributed by atoms with E-state index in [9.17, 15) is 4.79 Å². The van der Waals surface area contributed by atoms with Crippen molar-refractivity contribution in [2.75, 3.05) is 19.7 Å². The Hall–Kier alpha value is -2.15. The van der Waals surface area contributed by atoms with E-state index in [1.807, 2.05) is 6.07 Å². The van der Waals surface area contributed by atoms with Crippen molar-refractivity contribution in [1.29, 1.82) is 0 Å². The molecule has 0 spiro atoms. The van der Waals surface area contributed by atoms with Crippen molar-refractivity contribution >= 4 is 5.91 Å². The van der Waals surface area contributed by atoms with Gasteiger partial charge in [-0.25, -0.2) is 0 Å². The molecule has 0 bridgehead atoms. The van der Waals surface area contributed by atoms with E-state index in [0.717, 1.165) is 5.69 Å². The third-order valence-corrected chi connectivity index (χ3v) is 3.17. The second-order valence-electron chi connectivity index (χ2n) is 4.53. The Labute approximate surface area is 110 Å². The third kappa shape index (κ3) is 2.37. The van der Waals surface area contributed by atoms with E-state index < -0.39 is 0 Å². The molecule has 1 aliphatic rings. The van der Waals surface area contributed by atoms with Gasteiger partial charge >= 0.3 is 0 Å². The summed E-state index contributed by atoms with van der Waals surface area (Å²) in [7, 11) is 1.80. The van der Waals surface area contributed by atoms with Gasteiger partial charge in [-0.2, -0.15) is 10.2 Å². The zero-order valence-electron chi connectivity index (χ0n) is 10.6. The fourth-order valence-corrected chi connectivity index (χ4v) is 2.18. The van der Waals surface area contributed by atoms with Crippen molar-refractivity contribution in [3.63, 3.8) is 0 Å². The quantitative estimate of drug-likeness (QED) is 0.846. The number of amides is 1. The molecule has 0 aromatic carbocycles. The highest BCUT2D eigenvalue weighted by molar-refractivity contribution is 5.93. The summed E-state index contributed by atoms with van der Waals surface area (Å²) in [5.41, 5.74) is 1.50. The zero-order chi connectivity index (χ0) is 13.2. The minimum atomic E-state index is -0.142. The van der Waals surface area contributed by atoms with Gasteiger partial charge in [-0.05, 0) is 6.07 Å². The number of nitrogens with zero attached hydrogens (tertiary/aromatic N) is 4. The van der Waals surface area contributed by atoms with Crippen molar-refractivity contribution in [3.8, 4) is 0 Å². The molecule has 2 aromatic rings. The van der Waals surface area contributed by atoms with Crippen molar-refractivity contribution in [2.45, 2.75) is 6.10 Å². The number of morpholine rings is 1. The predicted molar refractivity (Wildman–Crippen MR) is 66.4 cm³/mol. The van der Waals surface area contributed by atoms with E-state index in [2.05, 4.69) is 15.3 Å². The van der Waals surface area contributed by atoms with E-state index in [4.69, 9.17) is 4.74 Å². The summed E-state index contributed by atoms with van der Waals surface area (Å²) in [6, 6.07) is 1.86. The molecule has 1 atom stereocenters. The highest BCUT2D eigenvalue weighted by Gasteiger charge is 2.27. The van der Waals surface area contributed by atoms with Gasteiger partial charge in [0.15, 0.2) is 0 Å². The molecule has 2 aromatic heterocycles. The molecule has 1 amide bonds. The lowest BCUT2D eigenvalue weighted by molar-refractivity contribution is -0.0247. The molecule has 19 heavy (non-hydrogen) atoms. The molecule has 1 unspecified atom stereocenters. The summed E-state index contributed by atoms with van der Waals surface area (Å²) in [4.78, 5) is 14.1. The fourth-order valence-electron chi connectivity index (χ4n) is 2.18. The zero-order valence-corrected chi connectivity index (χ0v) is 10.6. The number of carbonyl (C=O) groups is 1. The summed E-state index contributed by atoms with van der Waals surface area (Å²) >= 11 is 0. The lowest BCUT2D eigenvalue weighted by Crippen LogP contribution is -2.42. The van der Waals surface area contributed by atoms with Crippen molar-refractivity contribution in [3.05, 3.63) is 35.9 Å². The van der Waals surface area contributed by atoms with Crippen LogP contribution in [0, 0.1) is 0 Å². The highest BCUT2D eigenvalue weighted by atomic mass is 16.5. The number of hydrogen-bond acceptors (Lipinski definition) is 4. The van der Waals surface area contributed by atoms with Gasteiger partial charge in [-0.3, -0.25) is 14.6 Å². The maximum absolute atomic E-state index is 12.3. The molecule has 0 aliphatic carbocycles. The Kier molecular flexibility index (Phi) is 3.04. The first kappa shape index (κ1) is 11.9. The number of aromatic nitrogens is 4. The van der Waals surface area contributed by atoms with E-state index >= 15 is 0 Å². The maximum atomic E-state index is 12.3. The van der Waals surface area contributed by atoms with Gasteiger partial charge in [0.25, 0.3) is 5.91 Å². The van der Waals surface area contributed by atoms with Crippen LogP contribution in [0.3, 0.4) is 0 Å². The Bertz CT molecular complexity index is 562. The van der Waals surface area contributed by atoms with Crippen LogP contribution in [-0.2, 0) is 11.8 Å². The van der Waals surface area contributed by atoms with Gasteiger partial charge in [0.2, 0.25) is 0 Å². The van der Waals surface area contributed by atoms with Crippen molar-refractivity contribution < 1.29 is 9.53 Å². The summed E-state index contributed by atoms with van der Waals surface area (Å²) in [6.45, 7) is 1.64. The van der Waals surface area contributed by atoms with Crippen LogP contribution in [0.1, 0.15) is 22.2 Å². The molecular formula is C12H15N5O2. The van der Waals surface area contributed by atoms with Gasteiger partial charge < -0.3 is 9.64 Å². The summed E-state index contributed by atoms with van der Waals surface area (Å²) in [5.74, 6) is -0.0130. The Balaban J connectivity index is 1.73. The van der Waals surface area contributed by atoms with E-state index in [1.165, 1.54) is 0 Å². The second kappa shape index (κ2) is 4.85. The van der Waals surface area contributed by atoms with Crippen LogP contribution in [0.15, 0.2) is 24.7 Å². The minimum absolute atomic E-state index is 0.0130. The maximum Gasteiger partial charge on any atom is 0.257 e. The summed E-state index contributed by atoms with van der Waals surface area (Å²) in [5, 5.41) is 10.8. The van der Waals surface area contributed by atoms with Crippen LogP contribution in [0.2, 0.25) is 0 Å². The average Bonchev–Trinajstić information content (AvgIpc) is 3.09. The standard InChI is InChI=1S/C12H15N5O2/c1-16-7-9(6-14-16)12(18)17-4-5-19-11(8-17)10-2-3-13-15-10/h2-3,6-7,11H,4-5,8H2,1H3,(H,13,15). The first-order valence-corrected chi connectivity index (χ1v) is 6.13. The highest BCUT2D eigenvalue weighted by Crippen LogP contribution is 2.21. The number of rotatable bonds is 2. The lowest BCUT2D eigenvalue weighted by Gasteiger charge is -2.32. The number of nitrogens with one attached hydrogen (secondary N) is 1. The number of hydrogen-bond donors (Lipinski definition) is 1. The lowest BCUT2D eigenvalue weighted by atomic mass is 10.2. The third-order valence-electron chi connectivity index (χ3n) is 3.17. The van der Waals surface area contributed by atoms with E-state index in [0.29, 0.717) is 25.3 Å². The van der Waals surface area contributed by atoms with Crippen LogP contribution in [0.5, 0.6) is 0 Å². The molecule has 3 rings (SSSR count). The molecule has 1 aliphatic heterocycles. The summed E-state index contributed by atoms with van der Waals surface area (Å²) in [6.07, 6.45) is 4.85. The number of carbonyl (C=O) groups excluding carboxylic acids is 1. The van der Waals surface area contributed by atoms with Crippen LogP contribution in [0.4, 0.5) is 0 Å². The normalized spacial score (nSPS) is 19.6. The van der Waals surface area contributed by atoms with Gasteiger partial charge in [-0.1, -0.05) is 0 Å². The predicted octanol–water partition coefficient (Wildman–Crippen LogP) is 0.357. The van der Waals surface area contributed by atoms with Crippen LogP contribution < -0.4 is 0 Å². The van der Waals surface area contributed by atoms with Crippen LogP contribution in [-0.4, -0.2) is 50.5 Å². The number of ether oxygens (including phenoxy) is 1. The molecule has 7 heteroatoms. The molecule has 1 saturated heterocycles. The van der Waals surface area contributed by atoms with Crippen molar-refractivity contribution in [1.82, 2.24) is 24.9 Å².